The van der Waals surface area contributed by atoms with Crippen molar-refractivity contribution < 1.29 is 4.79 Å². The fourth-order valence-electron chi connectivity index (χ4n) is 0.411. The van der Waals surface area contributed by atoms with Crippen LogP contribution >= 0.6 is 0 Å². The van der Waals surface area contributed by atoms with Crippen molar-refractivity contribution in [2.45, 2.75) is 20.8 Å². The Bertz CT molecular complexity index is 191. The van der Waals surface area contributed by atoms with E-state index in [1.54, 1.807) is 26.0 Å². The van der Waals surface area contributed by atoms with Gasteiger partial charge in [-0.05, 0) is 19.9 Å². The summed E-state index contributed by atoms with van der Waals surface area (Å²) in [7, 11) is 0. The van der Waals surface area contributed by atoms with E-state index < -0.39 is 0 Å². The van der Waals surface area contributed by atoms with Crippen LogP contribution in [0.1, 0.15) is 20.8 Å². The van der Waals surface area contributed by atoms with Gasteiger partial charge >= 0.3 is 0 Å². The Labute approximate surface area is 62.1 Å². The summed E-state index contributed by atoms with van der Waals surface area (Å²) in [5.74, 6) is 5.64. The third-order valence-electron chi connectivity index (χ3n) is 1.25. The summed E-state index contributed by atoms with van der Waals surface area (Å²) in [5.41, 5.74) is 0. The molecule has 54 valence electrons. The van der Waals surface area contributed by atoms with Crippen molar-refractivity contribution in [1.82, 2.24) is 0 Å². The van der Waals surface area contributed by atoms with E-state index in [2.05, 4.69) is 11.8 Å². The zero-order valence-corrected chi connectivity index (χ0v) is 6.64. The number of rotatable bonds is 2. The molecule has 0 aliphatic heterocycles. The second kappa shape index (κ2) is 4.81. The first kappa shape index (κ1) is 8.97. The van der Waals surface area contributed by atoms with Gasteiger partial charge in [0, 0.05) is 5.92 Å². The van der Waals surface area contributed by atoms with Crippen molar-refractivity contribution in [2.75, 3.05) is 0 Å². The van der Waals surface area contributed by atoms with E-state index in [1.807, 2.05) is 6.92 Å². The largest absolute Gasteiger partial charge is 0.299 e. The van der Waals surface area contributed by atoms with Crippen molar-refractivity contribution in [1.29, 1.82) is 0 Å². The quantitative estimate of drug-likeness (QED) is 0.529. The third-order valence-corrected chi connectivity index (χ3v) is 1.25. The lowest BCUT2D eigenvalue weighted by atomic mass is 10.1. The number of allylic oxidation sites excluding steroid dienone is 2. The van der Waals surface area contributed by atoms with Gasteiger partial charge in [0.2, 0.25) is 0 Å². The van der Waals surface area contributed by atoms with Crippen LogP contribution in [0, 0.1) is 17.8 Å². The second-order valence-corrected chi connectivity index (χ2v) is 2.15. The number of carbonyl (C=O) groups is 1. The van der Waals surface area contributed by atoms with Gasteiger partial charge < -0.3 is 0 Å². The van der Waals surface area contributed by atoms with Crippen LogP contribution in [-0.2, 0) is 4.79 Å². The molecule has 0 rings (SSSR count). The molecule has 0 aliphatic carbocycles. The minimum absolute atomic E-state index is 0.000787. The molecule has 0 saturated carbocycles. The van der Waals surface area contributed by atoms with E-state index in [-0.39, 0.29) is 11.7 Å². The molecule has 0 aromatic carbocycles. The first-order valence-corrected chi connectivity index (χ1v) is 3.28. The Morgan fingerprint density at radius 1 is 1.60 bits per heavy atom. The van der Waals surface area contributed by atoms with Crippen LogP contribution in [0.3, 0.4) is 0 Å². The summed E-state index contributed by atoms with van der Waals surface area (Å²) in [6.07, 6.45) is 3.52. The van der Waals surface area contributed by atoms with Crippen LogP contribution < -0.4 is 0 Å². The molecular weight excluding hydrogens is 124 g/mol. The highest BCUT2D eigenvalue weighted by Gasteiger charge is 1.99. The van der Waals surface area contributed by atoms with E-state index in [0.717, 1.165) is 0 Å². The lowest BCUT2D eigenvalue weighted by Gasteiger charge is -1.95. The van der Waals surface area contributed by atoms with Gasteiger partial charge in [-0.25, -0.2) is 0 Å². The highest BCUT2D eigenvalue weighted by atomic mass is 16.1. The van der Waals surface area contributed by atoms with Crippen molar-refractivity contribution in [2.24, 2.45) is 5.92 Å². The van der Waals surface area contributed by atoms with Gasteiger partial charge in [0.1, 0.15) is 5.78 Å². The van der Waals surface area contributed by atoms with Crippen LogP contribution in [0.5, 0.6) is 0 Å². The topological polar surface area (TPSA) is 17.1 Å². The Morgan fingerprint density at radius 3 is 2.60 bits per heavy atom. The Balaban J connectivity index is 3.85. The Morgan fingerprint density at radius 2 is 2.20 bits per heavy atom. The Hall–Kier alpha value is -1.03. The van der Waals surface area contributed by atoms with Crippen molar-refractivity contribution in [3.8, 4) is 11.8 Å². The predicted molar refractivity (Wildman–Crippen MR) is 42.4 cm³/mol. The van der Waals surface area contributed by atoms with E-state index in [4.69, 9.17) is 0 Å². The highest BCUT2D eigenvalue weighted by molar-refractivity contribution is 5.79. The smallest absolute Gasteiger partial charge is 0.136 e. The summed E-state index contributed by atoms with van der Waals surface area (Å²) in [5, 5.41) is 0. The molecule has 0 amide bonds. The molecule has 0 radical (unpaired) electrons. The third kappa shape index (κ3) is 3.91. The summed E-state index contributed by atoms with van der Waals surface area (Å²) in [6.45, 7) is 5.20. The molecule has 0 heterocycles. The Kier molecular flexibility index (Phi) is 4.32. The normalized spacial score (nSPS) is 12.3. The van der Waals surface area contributed by atoms with Gasteiger partial charge in [-0.2, -0.15) is 0 Å². The summed E-state index contributed by atoms with van der Waals surface area (Å²) < 4.78 is 0. The standard InChI is InChI=1S/C9H12O/c1-4-5-6-7-8(2)9(3)10/h6-8H,1-3H3/b7-6+. The number of carbonyl (C=O) groups excluding carboxylic acids is 1. The molecule has 0 aromatic rings. The van der Waals surface area contributed by atoms with Gasteiger partial charge in [-0.1, -0.05) is 18.9 Å². The lowest BCUT2D eigenvalue weighted by molar-refractivity contribution is -0.118. The molecule has 1 atom stereocenters. The number of Topliss-reactive ketones (excluding diaryl/α,β-unsaturated/α-hetero) is 1. The van der Waals surface area contributed by atoms with Crippen LogP contribution in [0.4, 0.5) is 0 Å². The SMILES string of the molecule is CC#C/C=C/C(C)C(C)=O. The van der Waals surface area contributed by atoms with Gasteiger partial charge in [0.25, 0.3) is 0 Å². The predicted octanol–water partition coefficient (Wildman–Crippen LogP) is 1.79. The second-order valence-electron chi connectivity index (χ2n) is 2.15. The molecule has 0 aromatic heterocycles. The van der Waals surface area contributed by atoms with Gasteiger partial charge in [0.15, 0.2) is 0 Å². The van der Waals surface area contributed by atoms with Crippen LogP contribution in [0.25, 0.3) is 0 Å². The van der Waals surface area contributed by atoms with Gasteiger partial charge in [0.05, 0.1) is 0 Å². The fourth-order valence-corrected chi connectivity index (χ4v) is 0.411. The molecule has 1 unspecified atom stereocenters. The van der Waals surface area contributed by atoms with Gasteiger partial charge in [-0.3, -0.25) is 4.79 Å². The van der Waals surface area contributed by atoms with Crippen molar-refractivity contribution in [3.63, 3.8) is 0 Å². The van der Waals surface area contributed by atoms with Crippen LogP contribution in [-0.4, -0.2) is 5.78 Å². The summed E-state index contributed by atoms with van der Waals surface area (Å²) >= 11 is 0. The van der Waals surface area contributed by atoms with E-state index in [9.17, 15) is 4.79 Å². The minimum atomic E-state index is 0.000787. The first-order valence-electron chi connectivity index (χ1n) is 3.28. The zero-order chi connectivity index (χ0) is 7.98. The number of ketones is 1. The van der Waals surface area contributed by atoms with Crippen molar-refractivity contribution >= 4 is 5.78 Å². The maximum atomic E-state index is 10.6. The molecule has 0 bridgehead atoms. The zero-order valence-electron chi connectivity index (χ0n) is 6.64. The van der Waals surface area contributed by atoms with E-state index in [1.165, 1.54) is 0 Å². The average molecular weight is 136 g/mol. The molecule has 0 N–H and O–H groups in total. The summed E-state index contributed by atoms with van der Waals surface area (Å²) in [4.78, 5) is 10.6. The highest BCUT2D eigenvalue weighted by Crippen LogP contribution is 1.96. The molecule has 1 heteroatoms. The molecule has 0 saturated heterocycles. The molecule has 0 fully saturated rings. The molecular formula is C9H12O. The maximum Gasteiger partial charge on any atom is 0.136 e. The molecule has 0 aliphatic rings. The minimum Gasteiger partial charge on any atom is -0.299 e. The molecule has 0 spiro atoms. The van der Waals surface area contributed by atoms with Crippen molar-refractivity contribution in [3.05, 3.63) is 12.2 Å². The van der Waals surface area contributed by atoms with E-state index in [0.29, 0.717) is 0 Å². The fraction of sp³-hybridized carbons (Fsp3) is 0.444. The lowest BCUT2D eigenvalue weighted by Crippen LogP contribution is -2.01. The van der Waals surface area contributed by atoms with Crippen LogP contribution in [0.15, 0.2) is 12.2 Å². The number of hydrogen-bond acceptors (Lipinski definition) is 1. The molecule has 1 nitrogen and oxygen atoms in total. The molecule has 10 heavy (non-hydrogen) atoms. The maximum absolute atomic E-state index is 10.6. The van der Waals surface area contributed by atoms with Crippen LogP contribution in [0.2, 0.25) is 0 Å². The number of hydrogen-bond donors (Lipinski definition) is 0. The monoisotopic (exact) mass is 136 g/mol. The average Bonchev–Trinajstić information content (AvgIpc) is 1.88. The summed E-state index contributed by atoms with van der Waals surface area (Å²) in [6, 6.07) is 0. The van der Waals surface area contributed by atoms with Gasteiger partial charge in [-0.15, -0.1) is 5.92 Å². The van der Waals surface area contributed by atoms with E-state index >= 15 is 0 Å². The first-order chi connectivity index (χ1) is 4.68.